The average Bonchev–Trinajstić information content (AvgIpc) is 2.52. The molecule has 1 heterocycles. The Labute approximate surface area is 133 Å². The van der Waals surface area contributed by atoms with Crippen LogP contribution in [0.1, 0.15) is 27.6 Å². The molecule has 7 heteroatoms. The van der Waals surface area contributed by atoms with Crippen LogP contribution in [-0.2, 0) is 14.8 Å². The Morgan fingerprint density at radius 1 is 1.00 bits per heavy atom. The SMILES string of the molecule is CCOCCS(=O)(=O)N1C(=O)c2cccc3cccc(c23)C1=O. The van der Waals surface area contributed by atoms with Crippen LogP contribution in [0.3, 0.4) is 0 Å². The van der Waals surface area contributed by atoms with Gasteiger partial charge >= 0.3 is 0 Å². The van der Waals surface area contributed by atoms with Crippen molar-refractivity contribution in [1.29, 1.82) is 0 Å². The van der Waals surface area contributed by atoms with Gasteiger partial charge in [0.05, 0.1) is 12.4 Å². The zero-order chi connectivity index (χ0) is 16.6. The van der Waals surface area contributed by atoms with Gasteiger partial charge in [-0.25, -0.2) is 8.42 Å². The summed E-state index contributed by atoms with van der Waals surface area (Å²) in [5.41, 5.74) is 0.440. The number of benzene rings is 2. The fourth-order valence-electron chi connectivity index (χ4n) is 2.66. The first-order valence-electron chi connectivity index (χ1n) is 7.18. The molecular formula is C16H15NO5S. The fraction of sp³-hybridized carbons (Fsp3) is 0.250. The number of rotatable bonds is 5. The van der Waals surface area contributed by atoms with Crippen LogP contribution in [-0.4, -0.2) is 43.5 Å². The molecule has 0 saturated carbocycles. The lowest BCUT2D eigenvalue weighted by atomic mass is 9.95. The first-order chi connectivity index (χ1) is 11.0. The number of sulfonamides is 1. The molecule has 0 saturated heterocycles. The van der Waals surface area contributed by atoms with Gasteiger partial charge < -0.3 is 4.74 Å². The van der Waals surface area contributed by atoms with Gasteiger partial charge in [-0.3, -0.25) is 9.59 Å². The van der Waals surface area contributed by atoms with Gasteiger partial charge in [-0.15, -0.1) is 0 Å². The maximum Gasteiger partial charge on any atom is 0.275 e. The van der Waals surface area contributed by atoms with E-state index in [0.29, 0.717) is 16.3 Å². The predicted molar refractivity (Wildman–Crippen MR) is 84.7 cm³/mol. The monoisotopic (exact) mass is 333 g/mol. The largest absolute Gasteiger partial charge is 0.381 e. The third-order valence-electron chi connectivity index (χ3n) is 3.70. The Morgan fingerprint density at radius 3 is 2.09 bits per heavy atom. The van der Waals surface area contributed by atoms with Gasteiger partial charge in [-0.05, 0) is 24.4 Å². The van der Waals surface area contributed by atoms with Crippen LogP contribution in [0.2, 0.25) is 0 Å². The molecule has 0 N–H and O–H groups in total. The van der Waals surface area contributed by atoms with Gasteiger partial charge in [0.15, 0.2) is 0 Å². The molecule has 0 bridgehead atoms. The minimum absolute atomic E-state index is 0.0677. The van der Waals surface area contributed by atoms with Crippen LogP contribution < -0.4 is 0 Å². The van der Waals surface area contributed by atoms with E-state index in [9.17, 15) is 18.0 Å². The summed E-state index contributed by atoms with van der Waals surface area (Å²) in [5.74, 6) is -2.04. The average molecular weight is 333 g/mol. The van der Waals surface area contributed by atoms with E-state index in [0.717, 1.165) is 5.39 Å². The highest BCUT2D eigenvalue weighted by atomic mass is 32.2. The molecule has 2 aromatic rings. The summed E-state index contributed by atoms with van der Waals surface area (Å²) >= 11 is 0. The second-order valence-electron chi connectivity index (χ2n) is 5.10. The van der Waals surface area contributed by atoms with Crippen molar-refractivity contribution in [2.75, 3.05) is 19.0 Å². The van der Waals surface area contributed by atoms with E-state index in [4.69, 9.17) is 4.74 Å². The number of nitrogens with zero attached hydrogens (tertiary/aromatic N) is 1. The summed E-state index contributed by atoms with van der Waals surface area (Å²) in [7, 11) is -4.08. The molecular weight excluding hydrogens is 318 g/mol. The first kappa shape index (κ1) is 15.6. The molecule has 1 aliphatic rings. The molecule has 3 rings (SSSR count). The van der Waals surface area contributed by atoms with Crippen LogP contribution in [0.15, 0.2) is 36.4 Å². The molecule has 2 amide bonds. The molecule has 120 valence electrons. The molecule has 1 aliphatic heterocycles. The molecule has 0 spiro atoms. The first-order valence-corrected chi connectivity index (χ1v) is 8.79. The summed E-state index contributed by atoms with van der Waals surface area (Å²) in [6.45, 7) is 2.03. The van der Waals surface area contributed by atoms with Crippen molar-refractivity contribution >= 4 is 32.6 Å². The van der Waals surface area contributed by atoms with Gasteiger partial charge in [0, 0.05) is 23.1 Å². The maximum atomic E-state index is 12.6. The van der Waals surface area contributed by atoms with Crippen molar-refractivity contribution in [3.8, 4) is 0 Å². The van der Waals surface area contributed by atoms with Crippen molar-refractivity contribution in [3.63, 3.8) is 0 Å². The summed E-state index contributed by atoms with van der Waals surface area (Å²) < 4.78 is 30.2. The van der Waals surface area contributed by atoms with Crippen LogP contribution in [0.25, 0.3) is 10.8 Å². The second kappa shape index (κ2) is 5.75. The standard InChI is InChI=1S/C16H15NO5S/c1-2-22-9-10-23(20,21)17-15(18)12-7-3-5-11-6-4-8-13(14(11)12)16(17)19/h3-8H,2,9-10H2,1H3. The van der Waals surface area contributed by atoms with Crippen molar-refractivity contribution in [2.24, 2.45) is 0 Å². The third-order valence-corrected chi connectivity index (χ3v) is 5.27. The number of hydrogen-bond acceptors (Lipinski definition) is 5. The fourth-order valence-corrected chi connectivity index (χ4v) is 3.87. The summed E-state index contributed by atoms with van der Waals surface area (Å²) in [5, 5.41) is 1.23. The number of ether oxygens (including phenoxy) is 1. The smallest absolute Gasteiger partial charge is 0.275 e. The van der Waals surface area contributed by atoms with Crippen molar-refractivity contribution in [1.82, 2.24) is 4.31 Å². The summed E-state index contributed by atoms with van der Waals surface area (Å²) in [6, 6.07) is 9.96. The van der Waals surface area contributed by atoms with E-state index in [1.807, 2.05) is 0 Å². The molecule has 2 aromatic carbocycles. The van der Waals surface area contributed by atoms with Crippen molar-refractivity contribution in [2.45, 2.75) is 6.92 Å². The number of hydrogen-bond donors (Lipinski definition) is 0. The quantitative estimate of drug-likeness (QED) is 0.616. The topological polar surface area (TPSA) is 80.8 Å². The molecule has 0 aliphatic carbocycles. The van der Waals surface area contributed by atoms with Gasteiger partial charge in [0.1, 0.15) is 0 Å². The Bertz CT molecular complexity index is 853. The van der Waals surface area contributed by atoms with Crippen LogP contribution in [0, 0.1) is 0 Å². The second-order valence-corrected chi connectivity index (χ2v) is 7.03. The molecule has 23 heavy (non-hydrogen) atoms. The van der Waals surface area contributed by atoms with E-state index in [1.165, 1.54) is 12.1 Å². The van der Waals surface area contributed by atoms with Crippen molar-refractivity contribution in [3.05, 3.63) is 47.5 Å². The number of carbonyl (C=O) groups excluding carboxylic acids is 2. The Kier molecular flexibility index (Phi) is 3.91. The molecule has 0 aromatic heterocycles. The summed E-state index contributed by atoms with van der Waals surface area (Å²) in [6.07, 6.45) is 0. The number of imide groups is 1. The van der Waals surface area contributed by atoms with Crippen LogP contribution >= 0.6 is 0 Å². The van der Waals surface area contributed by atoms with E-state index in [2.05, 4.69) is 0 Å². The summed E-state index contributed by atoms with van der Waals surface area (Å²) in [4.78, 5) is 25.2. The van der Waals surface area contributed by atoms with Gasteiger partial charge in [0.25, 0.3) is 11.8 Å². The number of carbonyl (C=O) groups is 2. The van der Waals surface area contributed by atoms with E-state index < -0.39 is 27.6 Å². The highest BCUT2D eigenvalue weighted by Crippen LogP contribution is 2.31. The predicted octanol–water partition coefficient (Wildman–Crippen LogP) is 1.80. The highest BCUT2D eigenvalue weighted by molar-refractivity contribution is 7.90. The van der Waals surface area contributed by atoms with E-state index in [1.54, 1.807) is 31.2 Å². The lowest BCUT2D eigenvalue weighted by Crippen LogP contribution is -2.46. The lowest BCUT2D eigenvalue weighted by Gasteiger charge is -2.26. The van der Waals surface area contributed by atoms with E-state index >= 15 is 0 Å². The normalized spacial score (nSPS) is 14.6. The number of amides is 2. The van der Waals surface area contributed by atoms with Gasteiger partial charge in [-0.2, -0.15) is 4.31 Å². The minimum Gasteiger partial charge on any atom is -0.381 e. The Balaban J connectivity index is 2.10. The minimum atomic E-state index is -4.08. The van der Waals surface area contributed by atoms with Crippen molar-refractivity contribution < 1.29 is 22.7 Å². The maximum absolute atomic E-state index is 12.6. The molecule has 0 radical (unpaired) electrons. The van der Waals surface area contributed by atoms with Gasteiger partial charge in [0.2, 0.25) is 10.0 Å². The molecule has 0 atom stereocenters. The lowest BCUT2D eigenvalue weighted by molar-refractivity contribution is 0.0724. The molecule has 6 nitrogen and oxygen atoms in total. The van der Waals surface area contributed by atoms with Gasteiger partial charge in [-0.1, -0.05) is 24.3 Å². The zero-order valence-corrected chi connectivity index (χ0v) is 13.3. The Morgan fingerprint density at radius 2 is 1.57 bits per heavy atom. The van der Waals surface area contributed by atoms with Crippen LogP contribution in [0.4, 0.5) is 0 Å². The third kappa shape index (κ3) is 2.51. The van der Waals surface area contributed by atoms with Crippen LogP contribution in [0.5, 0.6) is 0 Å². The Hall–Kier alpha value is -2.25. The highest BCUT2D eigenvalue weighted by Gasteiger charge is 2.40. The van der Waals surface area contributed by atoms with E-state index in [-0.39, 0.29) is 17.7 Å². The molecule has 0 unspecified atom stereocenters. The molecule has 0 fully saturated rings. The zero-order valence-electron chi connectivity index (χ0n) is 12.5.